The molecule has 2 nitrogen and oxygen atoms in total. The molecule has 0 saturated heterocycles. The lowest BCUT2D eigenvalue weighted by atomic mass is 9.91. The highest BCUT2D eigenvalue weighted by atomic mass is 35.5. The summed E-state index contributed by atoms with van der Waals surface area (Å²) in [5.41, 5.74) is 6.92. The third-order valence-corrected chi connectivity index (χ3v) is 3.77. The van der Waals surface area contributed by atoms with Crippen molar-refractivity contribution in [3.8, 4) is 0 Å². The molecule has 0 amide bonds. The average Bonchev–Trinajstić information content (AvgIpc) is 2.28. The van der Waals surface area contributed by atoms with Gasteiger partial charge in [-0.05, 0) is 36.5 Å². The van der Waals surface area contributed by atoms with Gasteiger partial charge in [-0.3, -0.25) is 0 Å². The first-order valence-electron chi connectivity index (χ1n) is 6.34. The Balaban J connectivity index is 2.67. The van der Waals surface area contributed by atoms with Crippen molar-refractivity contribution >= 4 is 23.2 Å². The Morgan fingerprint density at radius 3 is 2.56 bits per heavy atom. The van der Waals surface area contributed by atoms with Crippen LogP contribution in [0.15, 0.2) is 18.2 Å². The molecular formula is C14H21Cl2NO. The van der Waals surface area contributed by atoms with Gasteiger partial charge in [-0.2, -0.15) is 0 Å². The van der Waals surface area contributed by atoms with Crippen molar-refractivity contribution in [3.05, 3.63) is 33.8 Å². The van der Waals surface area contributed by atoms with Crippen molar-refractivity contribution in [2.75, 3.05) is 0 Å². The van der Waals surface area contributed by atoms with Gasteiger partial charge in [0.25, 0.3) is 0 Å². The predicted octanol–water partition coefficient (Wildman–Crippen LogP) is 3.98. The van der Waals surface area contributed by atoms with Crippen LogP contribution in [-0.4, -0.2) is 17.3 Å². The fourth-order valence-electron chi connectivity index (χ4n) is 2.09. The highest BCUT2D eigenvalue weighted by Crippen LogP contribution is 2.30. The monoisotopic (exact) mass is 289 g/mol. The molecule has 0 heterocycles. The molecule has 0 aliphatic carbocycles. The van der Waals surface area contributed by atoms with Crippen molar-refractivity contribution in [2.45, 2.75) is 51.2 Å². The molecule has 0 bridgehead atoms. The Morgan fingerprint density at radius 2 is 2.00 bits per heavy atom. The molecule has 1 aromatic rings. The molecule has 0 aliphatic rings. The molecule has 1 aromatic carbocycles. The first-order chi connectivity index (χ1) is 8.45. The van der Waals surface area contributed by atoms with Crippen LogP contribution in [0.5, 0.6) is 0 Å². The maximum absolute atomic E-state index is 10.0. The molecule has 102 valence electrons. The van der Waals surface area contributed by atoms with Crippen LogP contribution < -0.4 is 5.73 Å². The molecule has 18 heavy (non-hydrogen) atoms. The van der Waals surface area contributed by atoms with E-state index in [1.165, 1.54) is 0 Å². The van der Waals surface area contributed by atoms with Crippen LogP contribution in [-0.2, 0) is 0 Å². The lowest BCUT2D eigenvalue weighted by Crippen LogP contribution is -2.35. The predicted molar refractivity (Wildman–Crippen MR) is 78.4 cm³/mol. The second kappa shape index (κ2) is 7.34. The largest absolute Gasteiger partial charge is 0.391 e. The molecule has 0 fully saturated rings. The van der Waals surface area contributed by atoms with E-state index in [0.717, 1.165) is 18.4 Å². The Kier molecular flexibility index (Phi) is 6.44. The lowest BCUT2D eigenvalue weighted by Gasteiger charge is -2.22. The number of hydrogen-bond acceptors (Lipinski definition) is 2. The molecule has 1 rings (SSSR count). The summed E-state index contributed by atoms with van der Waals surface area (Å²) >= 11 is 12.0. The van der Waals surface area contributed by atoms with Gasteiger partial charge < -0.3 is 10.8 Å². The van der Waals surface area contributed by atoms with Gasteiger partial charge in [0.2, 0.25) is 0 Å². The summed E-state index contributed by atoms with van der Waals surface area (Å²) in [4.78, 5) is 0. The zero-order chi connectivity index (χ0) is 13.7. The van der Waals surface area contributed by atoms with Crippen molar-refractivity contribution < 1.29 is 5.11 Å². The van der Waals surface area contributed by atoms with Gasteiger partial charge >= 0.3 is 0 Å². The second-order valence-corrected chi connectivity index (χ2v) is 5.67. The first kappa shape index (κ1) is 15.8. The van der Waals surface area contributed by atoms with Crippen LogP contribution in [0.1, 0.15) is 44.6 Å². The third kappa shape index (κ3) is 4.43. The van der Waals surface area contributed by atoms with Crippen molar-refractivity contribution in [2.24, 2.45) is 5.73 Å². The van der Waals surface area contributed by atoms with Crippen LogP contribution >= 0.6 is 23.2 Å². The molecule has 0 aliphatic heterocycles. The van der Waals surface area contributed by atoms with E-state index in [1.54, 1.807) is 6.07 Å². The van der Waals surface area contributed by atoms with Gasteiger partial charge in [-0.1, -0.05) is 49.5 Å². The van der Waals surface area contributed by atoms with E-state index in [9.17, 15) is 5.11 Å². The standard InChI is InChI=1S/C14H21Cl2NO/c1-3-4-13(17)14(18)7-9(2)11-6-5-10(15)8-12(11)16/h5-6,8-9,13-14,18H,3-4,7,17H2,1-2H3. The Labute approximate surface area is 119 Å². The number of hydrogen-bond donors (Lipinski definition) is 2. The second-order valence-electron chi connectivity index (χ2n) is 4.82. The minimum atomic E-state index is -0.494. The number of benzene rings is 1. The molecule has 3 atom stereocenters. The normalized spacial score (nSPS) is 16.3. The van der Waals surface area contributed by atoms with E-state index in [4.69, 9.17) is 28.9 Å². The number of aliphatic hydroxyl groups excluding tert-OH is 1. The maximum atomic E-state index is 10.0. The zero-order valence-electron chi connectivity index (χ0n) is 10.9. The van der Waals surface area contributed by atoms with Crippen LogP contribution in [0.4, 0.5) is 0 Å². The summed E-state index contributed by atoms with van der Waals surface area (Å²) < 4.78 is 0. The van der Waals surface area contributed by atoms with Gasteiger partial charge in [-0.15, -0.1) is 0 Å². The van der Waals surface area contributed by atoms with Crippen molar-refractivity contribution in [1.29, 1.82) is 0 Å². The van der Waals surface area contributed by atoms with Crippen LogP contribution in [0.25, 0.3) is 0 Å². The van der Waals surface area contributed by atoms with Gasteiger partial charge in [0.1, 0.15) is 0 Å². The highest BCUT2D eigenvalue weighted by Gasteiger charge is 2.19. The Morgan fingerprint density at radius 1 is 1.33 bits per heavy atom. The van der Waals surface area contributed by atoms with Crippen molar-refractivity contribution in [3.63, 3.8) is 0 Å². The quantitative estimate of drug-likeness (QED) is 0.832. The van der Waals surface area contributed by atoms with E-state index in [-0.39, 0.29) is 12.0 Å². The molecule has 0 aromatic heterocycles. The molecular weight excluding hydrogens is 269 g/mol. The van der Waals surface area contributed by atoms with Gasteiger partial charge in [0.15, 0.2) is 0 Å². The molecule has 0 saturated carbocycles. The summed E-state index contributed by atoms with van der Waals surface area (Å²) in [6, 6.07) is 5.29. The topological polar surface area (TPSA) is 46.2 Å². The van der Waals surface area contributed by atoms with E-state index in [0.29, 0.717) is 16.5 Å². The number of rotatable bonds is 6. The smallest absolute Gasteiger partial charge is 0.0696 e. The molecule has 3 unspecified atom stereocenters. The van der Waals surface area contributed by atoms with E-state index >= 15 is 0 Å². The average molecular weight is 290 g/mol. The number of aliphatic hydroxyl groups is 1. The Hall–Kier alpha value is -0.280. The molecule has 3 N–H and O–H groups in total. The zero-order valence-corrected chi connectivity index (χ0v) is 12.4. The summed E-state index contributed by atoms with van der Waals surface area (Å²) in [5.74, 6) is 0.160. The van der Waals surface area contributed by atoms with Crippen molar-refractivity contribution in [1.82, 2.24) is 0 Å². The first-order valence-corrected chi connectivity index (χ1v) is 7.09. The van der Waals surface area contributed by atoms with Gasteiger partial charge in [-0.25, -0.2) is 0 Å². The lowest BCUT2D eigenvalue weighted by molar-refractivity contribution is 0.124. The highest BCUT2D eigenvalue weighted by molar-refractivity contribution is 6.35. The van der Waals surface area contributed by atoms with Crippen LogP contribution in [0.3, 0.4) is 0 Å². The number of halogens is 2. The summed E-state index contributed by atoms with van der Waals surface area (Å²) in [6.07, 6.45) is 1.94. The van der Waals surface area contributed by atoms with E-state index in [1.807, 2.05) is 19.1 Å². The van der Waals surface area contributed by atoms with Crippen LogP contribution in [0, 0.1) is 0 Å². The van der Waals surface area contributed by atoms with E-state index < -0.39 is 6.10 Å². The minimum absolute atomic E-state index is 0.160. The van der Waals surface area contributed by atoms with Crippen LogP contribution in [0.2, 0.25) is 10.0 Å². The molecule has 0 spiro atoms. The Bertz CT molecular complexity index is 384. The summed E-state index contributed by atoms with van der Waals surface area (Å²) in [5, 5.41) is 11.3. The van der Waals surface area contributed by atoms with Gasteiger partial charge in [0, 0.05) is 16.1 Å². The SMILES string of the molecule is CCCC(N)C(O)CC(C)c1ccc(Cl)cc1Cl. The maximum Gasteiger partial charge on any atom is 0.0696 e. The molecule has 0 radical (unpaired) electrons. The minimum Gasteiger partial charge on any atom is -0.391 e. The summed E-state index contributed by atoms with van der Waals surface area (Å²) in [7, 11) is 0. The van der Waals surface area contributed by atoms with Gasteiger partial charge in [0.05, 0.1) is 6.10 Å². The number of nitrogens with two attached hydrogens (primary N) is 1. The summed E-state index contributed by atoms with van der Waals surface area (Å²) in [6.45, 7) is 4.10. The third-order valence-electron chi connectivity index (χ3n) is 3.20. The fraction of sp³-hybridized carbons (Fsp3) is 0.571. The molecule has 4 heteroatoms. The van der Waals surface area contributed by atoms with E-state index in [2.05, 4.69) is 6.92 Å². The fourth-order valence-corrected chi connectivity index (χ4v) is 2.69.